The van der Waals surface area contributed by atoms with E-state index in [-0.39, 0.29) is 38.5 Å². The van der Waals surface area contributed by atoms with Gasteiger partial charge >= 0.3 is 6.18 Å². The highest BCUT2D eigenvalue weighted by atomic mass is 19.4. The SMILES string of the molecule is CC(COCCC(=O)NC1CCN(c2ncc(C3CC3)cn2)CC1(F)F)Nc1cn[nH]c(=O)c1C(F)(F)F. The van der Waals surface area contributed by atoms with Crippen LogP contribution < -0.4 is 21.1 Å². The summed E-state index contributed by atoms with van der Waals surface area (Å²) in [7, 11) is 0. The van der Waals surface area contributed by atoms with E-state index >= 15 is 0 Å². The average Bonchev–Trinajstić information content (AvgIpc) is 3.68. The highest BCUT2D eigenvalue weighted by molar-refractivity contribution is 5.76. The number of carbonyl (C=O) groups is 1. The Morgan fingerprint density at radius 3 is 2.58 bits per heavy atom. The van der Waals surface area contributed by atoms with Gasteiger partial charge in [0, 0.05) is 31.4 Å². The van der Waals surface area contributed by atoms with E-state index in [1.165, 1.54) is 11.8 Å². The summed E-state index contributed by atoms with van der Waals surface area (Å²) in [5.41, 5.74) is -2.29. The third kappa shape index (κ3) is 6.94. The second kappa shape index (κ2) is 11.2. The molecule has 1 aliphatic carbocycles. The topological polar surface area (TPSA) is 125 Å². The number of amides is 1. The molecular weight excluding hydrogens is 517 g/mol. The molecule has 0 bridgehead atoms. The molecule has 2 atom stereocenters. The number of ether oxygens (including phenoxy) is 1. The fourth-order valence-electron chi connectivity index (χ4n) is 4.20. The first-order valence-corrected chi connectivity index (χ1v) is 12.2. The first kappa shape index (κ1) is 27.7. The van der Waals surface area contributed by atoms with Gasteiger partial charge in [-0.1, -0.05) is 0 Å². The zero-order valence-electron chi connectivity index (χ0n) is 20.5. The number of piperidine rings is 1. The van der Waals surface area contributed by atoms with Crippen LogP contribution in [0.3, 0.4) is 0 Å². The van der Waals surface area contributed by atoms with E-state index in [4.69, 9.17) is 4.74 Å². The number of nitrogens with zero attached hydrogens (tertiary/aromatic N) is 4. The number of H-pyrrole nitrogens is 1. The summed E-state index contributed by atoms with van der Waals surface area (Å²) in [5, 5.41) is 9.96. The van der Waals surface area contributed by atoms with E-state index in [1.807, 2.05) is 0 Å². The van der Waals surface area contributed by atoms with Crippen LogP contribution in [0.2, 0.25) is 0 Å². The van der Waals surface area contributed by atoms with Gasteiger partial charge in [0.25, 0.3) is 11.5 Å². The Morgan fingerprint density at radius 2 is 1.95 bits per heavy atom. The zero-order valence-corrected chi connectivity index (χ0v) is 20.5. The molecule has 4 rings (SSSR count). The average molecular weight is 546 g/mol. The third-order valence-corrected chi connectivity index (χ3v) is 6.31. The van der Waals surface area contributed by atoms with Gasteiger partial charge in [-0.2, -0.15) is 18.3 Å². The van der Waals surface area contributed by atoms with Crippen LogP contribution in [0.4, 0.5) is 33.6 Å². The van der Waals surface area contributed by atoms with Gasteiger partial charge in [-0.3, -0.25) is 9.59 Å². The van der Waals surface area contributed by atoms with Gasteiger partial charge in [-0.15, -0.1) is 0 Å². The minimum atomic E-state index is -4.89. The fourth-order valence-corrected chi connectivity index (χ4v) is 4.20. The van der Waals surface area contributed by atoms with Crippen molar-refractivity contribution in [1.29, 1.82) is 0 Å². The Balaban J connectivity index is 1.19. The Hall–Kier alpha value is -3.36. The summed E-state index contributed by atoms with van der Waals surface area (Å²) in [6, 6.07) is -2.03. The number of anilines is 2. The summed E-state index contributed by atoms with van der Waals surface area (Å²) < 4.78 is 74.2. The van der Waals surface area contributed by atoms with Crippen molar-refractivity contribution >= 4 is 17.5 Å². The van der Waals surface area contributed by atoms with Crippen molar-refractivity contribution in [2.75, 3.05) is 36.5 Å². The highest BCUT2D eigenvalue weighted by Crippen LogP contribution is 2.39. The number of aromatic nitrogens is 4. The summed E-state index contributed by atoms with van der Waals surface area (Å²) >= 11 is 0. The molecule has 15 heteroatoms. The van der Waals surface area contributed by atoms with E-state index in [2.05, 4.69) is 25.7 Å². The Bertz CT molecular complexity index is 1170. The maximum absolute atomic E-state index is 14.8. The molecule has 2 aromatic heterocycles. The number of hydrogen-bond donors (Lipinski definition) is 3. The lowest BCUT2D eigenvalue weighted by Gasteiger charge is -2.38. The molecule has 1 saturated heterocycles. The van der Waals surface area contributed by atoms with Gasteiger partial charge in [-0.05, 0) is 37.7 Å². The number of nitrogens with one attached hydrogen (secondary N) is 3. The lowest BCUT2D eigenvalue weighted by molar-refractivity contribution is -0.138. The second-order valence-corrected chi connectivity index (χ2v) is 9.54. The molecule has 0 radical (unpaired) electrons. The largest absolute Gasteiger partial charge is 0.423 e. The molecule has 1 amide bonds. The first-order valence-electron chi connectivity index (χ1n) is 12.2. The summed E-state index contributed by atoms with van der Waals surface area (Å²) in [6.45, 7) is 0.894. The number of alkyl halides is 5. The summed E-state index contributed by atoms with van der Waals surface area (Å²) in [4.78, 5) is 33.6. The van der Waals surface area contributed by atoms with Gasteiger partial charge in [0.15, 0.2) is 0 Å². The van der Waals surface area contributed by atoms with Crippen LogP contribution in [0.15, 0.2) is 23.4 Å². The van der Waals surface area contributed by atoms with E-state index in [0.717, 1.165) is 24.6 Å². The predicted octanol–water partition coefficient (Wildman–Crippen LogP) is 2.69. The normalized spacial score (nSPS) is 20.2. The van der Waals surface area contributed by atoms with Crippen LogP contribution in [-0.2, 0) is 15.7 Å². The van der Waals surface area contributed by atoms with Crippen molar-refractivity contribution in [1.82, 2.24) is 25.5 Å². The molecule has 10 nitrogen and oxygen atoms in total. The van der Waals surface area contributed by atoms with Gasteiger partial charge in [-0.25, -0.2) is 23.8 Å². The second-order valence-electron chi connectivity index (χ2n) is 9.54. The van der Waals surface area contributed by atoms with Crippen LogP contribution in [0, 0.1) is 0 Å². The predicted molar refractivity (Wildman–Crippen MR) is 126 cm³/mol. The molecular formula is C23H28F5N7O3. The van der Waals surface area contributed by atoms with Gasteiger partial charge in [0.1, 0.15) is 5.56 Å². The monoisotopic (exact) mass is 545 g/mol. The lowest BCUT2D eigenvalue weighted by Crippen LogP contribution is -2.58. The Labute approximate surface area is 214 Å². The molecule has 0 spiro atoms. The summed E-state index contributed by atoms with van der Waals surface area (Å²) in [6.07, 6.45) is 1.27. The van der Waals surface area contributed by atoms with E-state index in [1.54, 1.807) is 17.5 Å². The smallest absolute Gasteiger partial charge is 0.379 e. The molecule has 1 saturated carbocycles. The van der Waals surface area contributed by atoms with Gasteiger partial charge < -0.3 is 20.3 Å². The van der Waals surface area contributed by atoms with E-state index in [0.29, 0.717) is 5.92 Å². The molecule has 38 heavy (non-hydrogen) atoms. The van der Waals surface area contributed by atoms with Gasteiger partial charge in [0.05, 0.1) is 37.7 Å². The minimum Gasteiger partial charge on any atom is -0.379 e. The molecule has 0 aromatic carbocycles. The molecule has 208 valence electrons. The van der Waals surface area contributed by atoms with Crippen LogP contribution in [0.1, 0.15) is 49.7 Å². The Kier molecular flexibility index (Phi) is 8.13. The third-order valence-electron chi connectivity index (χ3n) is 6.31. The van der Waals surface area contributed by atoms with Crippen molar-refractivity contribution in [3.63, 3.8) is 0 Å². The summed E-state index contributed by atoms with van der Waals surface area (Å²) in [5.74, 6) is -3.15. The number of halogens is 5. The molecule has 2 unspecified atom stereocenters. The first-order chi connectivity index (χ1) is 17.9. The highest BCUT2D eigenvalue weighted by Gasteiger charge is 2.46. The van der Waals surface area contributed by atoms with E-state index < -0.39 is 53.4 Å². The maximum Gasteiger partial charge on any atom is 0.423 e. The van der Waals surface area contributed by atoms with Crippen molar-refractivity contribution in [3.8, 4) is 0 Å². The lowest BCUT2D eigenvalue weighted by atomic mass is 10.0. The maximum atomic E-state index is 14.8. The number of rotatable bonds is 10. The van der Waals surface area contributed by atoms with E-state index in [9.17, 15) is 31.5 Å². The van der Waals surface area contributed by atoms with Gasteiger partial charge in [0.2, 0.25) is 11.9 Å². The molecule has 3 heterocycles. The van der Waals surface area contributed by atoms with Crippen molar-refractivity contribution in [3.05, 3.63) is 40.1 Å². The molecule has 2 aliphatic rings. The zero-order chi connectivity index (χ0) is 27.5. The van der Waals surface area contributed by atoms with Crippen LogP contribution in [0.25, 0.3) is 0 Å². The molecule has 2 aromatic rings. The van der Waals surface area contributed by atoms with Crippen molar-refractivity contribution < 1.29 is 31.5 Å². The molecule has 3 N–H and O–H groups in total. The fraction of sp³-hybridized carbons (Fsp3) is 0.609. The van der Waals surface area contributed by atoms with Crippen molar-refractivity contribution in [2.45, 2.75) is 62.7 Å². The van der Waals surface area contributed by atoms with Crippen LogP contribution >= 0.6 is 0 Å². The van der Waals surface area contributed by atoms with Crippen LogP contribution in [0.5, 0.6) is 0 Å². The Morgan fingerprint density at radius 1 is 1.24 bits per heavy atom. The number of hydrogen-bond acceptors (Lipinski definition) is 8. The molecule has 1 aliphatic heterocycles. The minimum absolute atomic E-state index is 0.0000680. The standard InChI is InChI=1S/C23H28F5N7O3/c1-13(32-16-10-31-34-20(37)19(16)23(26,27)28)11-38-7-5-18(36)33-17-4-6-35(12-22(17,24)25)21-29-8-15(9-30-21)14-2-3-14/h8-10,13-14,17H,2-7,11-12H2,1H3,(H,33,36)(H2,32,34,37). The van der Waals surface area contributed by atoms with Crippen LogP contribution in [-0.4, -0.2) is 70.4 Å². The number of aromatic amines is 1. The number of carbonyl (C=O) groups excluding carboxylic acids is 1. The van der Waals surface area contributed by atoms with Crippen molar-refractivity contribution in [2.24, 2.45) is 0 Å². The molecule has 2 fully saturated rings. The quantitative estimate of drug-likeness (QED) is 0.308.